The molecule has 4 heteroatoms. The van der Waals surface area contributed by atoms with Crippen LogP contribution >= 0.6 is 7.28 Å². The second kappa shape index (κ2) is 7.28. The summed E-state index contributed by atoms with van der Waals surface area (Å²) in [5.41, 5.74) is 3.12. The third-order valence-corrected chi connectivity index (χ3v) is 8.05. The van der Waals surface area contributed by atoms with E-state index in [1.807, 2.05) is 69.3 Å². The quantitative estimate of drug-likeness (QED) is 0.508. The molecule has 0 saturated heterocycles. The molecule has 0 fully saturated rings. The molecule has 0 aliphatic rings. The van der Waals surface area contributed by atoms with Gasteiger partial charge >= 0.3 is 180 Å². The normalized spacial score (nSPS) is 14.2. The van der Waals surface area contributed by atoms with Crippen molar-refractivity contribution in [3.63, 3.8) is 0 Å². The van der Waals surface area contributed by atoms with E-state index < -0.39 is 7.28 Å². The van der Waals surface area contributed by atoms with Crippen LogP contribution in [0.5, 0.6) is 0 Å². The van der Waals surface area contributed by atoms with E-state index in [4.69, 9.17) is 0 Å². The first-order chi connectivity index (χ1) is 13.7. The molecule has 0 aromatic heterocycles. The summed E-state index contributed by atoms with van der Waals surface area (Å²) in [6.07, 6.45) is 0. The van der Waals surface area contributed by atoms with Gasteiger partial charge in [-0.2, -0.15) is 0 Å². The maximum absolute atomic E-state index is 11.5. The van der Waals surface area contributed by atoms with E-state index in [1.165, 1.54) is 0 Å². The van der Waals surface area contributed by atoms with Crippen LogP contribution in [0, 0.1) is 0 Å². The minimum absolute atomic E-state index is 0.0947. The number of benzene rings is 3. The Labute approximate surface area is 180 Å². The van der Waals surface area contributed by atoms with Crippen LogP contribution in [0.3, 0.4) is 0 Å². The predicted molar refractivity (Wildman–Crippen MR) is 129 cm³/mol. The van der Waals surface area contributed by atoms with Crippen molar-refractivity contribution in [2.24, 2.45) is 0 Å². The van der Waals surface area contributed by atoms with Crippen molar-refractivity contribution in [1.82, 2.24) is 0 Å². The number of hydrogen-bond donors (Lipinski definition) is 3. The third-order valence-electron chi connectivity index (χ3n) is 5.54. The van der Waals surface area contributed by atoms with Crippen LogP contribution in [0.15, 0.2) is 72.8 Å². The first-order valence-corrected chi connectivity index (χ1v) is 12.4. The topological polar surface area (TPSA) is 60.7 Å². The average Bonchev–Trinajstić information content (AvgIpc) is 2.67. The molecule has 0 heterocycles. The van der Waals surface area contributed by atoms with Crippen LogP contribution in [-0.4, -0.2) is 14.7 Å². The van der Waals surface area contributed by atoms with Gasteiger partial charge in [-0.15, -0.1) is 0 Å². The standard InChI is InChI=1S/C26H33O3P/c1-25(2,3)21-15-16-24(23(18-21)26(4,5)6)30(27,28,29)22-14-10-13-20(17-22)19-11-8-7-9-12-19/h7-18,27-29H,1-6H3. The summed E-state index contributed by atoms with van der Waals surface area (Å²) >= 11 is 0. The summed E-state index contributed by atoms with van der Waals surface area (Å²) in [4.78, 5) is 34.4. The Morgan fingerprint density at radius 3 is 1.77 bits per heavy atom. The van der Waals surface area contributed by atoms with E-state index in [0.717, 1.165) is 22.3 Å². The summed E-state index contributed by atoms with van der Waals surface area (Å²) in [6, 6.07) is 22.2. The van der Waals surface area contributed by atoms with Gasteiger partial charge in [-0.05, 0) is 0 Å². The molecule has 3 aromatic rings. The zero-order valence-electron chi connectivity index (χ0n) is 18.7. The van der Waals surface area contributed by atoms with Gasteiger partial charge in [0.1, 0.15) is 0 Å². The van der Waals surface area contributed by atoms with Gasteiger partial charge in [0.05, 0.1) is 0 Å². The molecule has 0 aliphatic heterocycles. The number of hydrogen-bond acceptors (Lipinski definition) is 3. The van der Waals surface area contributed by atoms with Gasteiger partial charge in [-0.25, -0.2) is 0 Å². The van der Waals surface area contributed by atoms with Crippen LogP contribution in [0.1, 0.15) is 52.7 Å². The molecule has 0 unspecified atom stereocenters. The first kappa shape index (κ1) is 22.7. The molecule has 0 atom stereocenters. The Kier molecular flexibility index (Phi) is 5.50. The zero-order chi connectivity index (χ0) is 22.4. The van der Waals surface area contributed by atoms with E-state index in [-0.39, 0.29) is 21.4 Å². The molecule has 0 amide bonds. The Hall–Kier alpha value is -2.03. The van der Waals surface area contributed by atoms with Crippen molar-refractivity contribution < 1.29 is 14.7 Å². The summed E-state index contributed by atoms with van der Waals surface area (Å²) in [6.45, 7) is 12.4. The fraction of sp³-hybridized carbons (Fsp3) is 0.308. The van der Waals surface area contributed by atoms with Gasteiger partial charge in [-0.1, -0.05) is 0 Å². The molecule has 0 bridgehead atoms. The first-order valence-electron chi connectivity index (χ1n) is 10.3. The molecule has 0 spiro atoms. The van der Waals surface area contributed by atoms with E-state index >= 15 is 0 Å². The van der Waals surface area contributed by atoms with Crippen LogP contribution < -0.4 is 10.6 Å². The molecule has 3 N–H and O–H groups in total. The van der Waals surface area contributed by atoms with Gasteiger partial charge in [-0.3, -0.25) is 0 Å². The second-order valence-electron chi connectivity index (χ2n) is 10.1. The van der Waals surface area contributed by atoms with Crippen LogP contribution in [0.25, 0.3) is 11.1 Å². The zero-order valence-corrected chi connectivity index (χ0v) is 19.6. The minimum atomic E-state index is -5.35. The monoisotopic (exact) mass is 424 g/mol. The van der Waals surface area contributed by atoms with Crippen molar-refractivity contribution >= 4 is 17.9 Å². The molecule has 0 radical (unpaired) electrons. The molecule has 0 saturated carbocycles. The van der Waals surface area contributed by atoms with Crippen molar-refractivity contribution in [2.45, 2.75) is 52.4 Å². The van der Waals surface area contributed by atoms with E-state index in [0.29, 0.717) is 0 Å². The van der Waals surface area contributed by atoms with E-state index in [1.54, 1.807) is 24.3 Å². The van der Waals surface area contributed by atoms with Crippen LogP contribution in [-0.2, 0) is 10.8 Å². The fourth-order valence-corrected chi connectivity index (χ4v) is 5.88. The molecular formula is C26H33O3P. The van der Waals surface area contributed by atoms with Crippen molar-refractivity contribution in [1.29, 1.82) is 0 Å². The van der Waals surface area contributed by atoms with Crippen LogP contribution in [0.4, 0.5) is 0 Å². The molecule has 160 valence electrons. The SMILES string of the molecule is CC(C)(C)c1ccc(P(O)(O)(O)c2cccc(-c3ccccc3)c2)c(C(C)(C)C)c1. The molecule has 3 rings (SSSR count). The average molecular weight is 425 g/mol. The Morgan fingerprint density at radius 1 is 0.600 bits per heavy atom. The van der Waals surface area contributed by atoms with Gasteiger partial charge < -0.3 is 0 Å². The molecule has 30 heavy (non-hydrogen) atoms. The van der Waals surface area contributed by atoms with Crippen molar-refractivity contribution in [3.05, 3.63) is 83.9 Å². The summed E-state index contributed by atoms with van der Waals surface area (Å²) in [5, 5.41) is 0.336. The van der Waals surface area contributed by atoms with Crippen molar-refractivity contribution in [3.8, 4) is 11.1 Å². The summed E-state index contributed by atoms with van der Waals surface area (Å²) < 4.78 is 0. The Bertz CT molecular complexity index is 1050. The summed E-state index contributed by atoms with van der Waals surface area (Å²) in [7, 11) is -5.35. The molecule has 3 aromatic carbocycles. The van der Waals surface area contributed by atoms with Gasteiger partial charge in [0.25, 0.3) is 0 Å². The van der Waals surface area contributed by atoms with Gasteiger partial charge in [0, 0.05) is 0 Å². The number of rotatable bonds is 3. The van der Waals surface area contributed by atoms with E-state index in [2.05, 4.69) is 20.8 Å². The Morgan fingerprint density at radius 2 is 1.20 bits per heavy atom. The van der Waals surface area contributed by atoms with E-state index in [9.17, 15) is 14.7 Å². The predicted octanol–water partition coefficient (Wildman–Crippen LogP) is 5.17. The fourth-order valence-electron chi connectivity index (χ4n) is 3.67. The Balaban J connectivity index is 2.24. The summed E-state index contributed by atoms with van der Waals surface area (Å²) in [5.74, 6) is 0. The molecular weight excluding hydrogens is 391 g/mol. The van der Waals surface area contributed by atoms with Gasteiger partial charge in [0.15, 0.2) is 0 Å². The molecule has 3 nitrogen and oxygen atoms in total. The maximum atomic E-state index is 11.5. The second-order valence-corrected chi connectivity index (χ2v) is 13.1. The molecule has 0 aliphatic carbocycles. The van der Waals surface area contributed by atoms with Gasteiger partial charge in [0.2, 0.25) is 0 Å². The van der Waals surface area contributed by atoms with Crippen molar-refractivity contribution in [2.75, 3.05) is 0 Å². The third kappa shape index (κ3) is 4.36. The van der Waals surface area contributed by atoms with Crippen LogP contribution in [0.2, 0.25) is 0 Å².